The fourth-order valence-corrected chi connectivity index (χ4v) is 5.35. The summed E-state index contributed by atoms with van der Waals surface area (Å²) in [5, 5.41) is 15.6. The number of aryl methyl sites for hydroxylation is 2. The number of hydrogen-bond donors (Lipinski definition) is 0. The van der Waals surface area contributed by atoms with Crippen LogP contribution in [-0.2, 0) is 13.0 Å². The van der Waals surface area contributed by atoms with Gasteiger partial charge in [-0.05, 0) is 101 Å². The minimum absolute atomic E-state index is 0.660. The minimum Gasteiger partial charge on any atom is -0.493 e. The number of benzene rings is 1. The molecule has 0 N–H and O–H groups in total. The third-order valence-corrected chi connectivity index (χ3v) is 7.90. The molecule has 3 aromatic rings. The van der Waals surface area contributed by atoms with Gasteiger partial charge in [0.2, 0.25) is 0 Å². The first-order chi connectivity index (χ1) is 16.6. The van der Waals surface area contributed by atoms with Crippen LogP contribution in [0.5, 0.6) is 5.75 Å². The lowest BCUT2D eigenvalue weighted by atomic mass is 9.91. The lowest BCUT2D eigenvalue weighted by Gasteiger charge is -2.31. The Morgan fingerprint density at radius 1 is 1.15 bits per heavy atom. The molecule has 6 nitrogen and oxygen atoms in total. The first-order valence-corrected chi connectivity index (χ1v) is 13.5. The van der Waals surface area contributed by atoms with Gasteiger partial charge in [-0.2, -0.15) is 5.26 Å². The van der Waals surface area contributed by atoms with E-state index in [2.05, 4.69) is 40.2 Å². The van der Waals surface area contributed by atoms with Crippen LogP contribution in [0.15, 0.2) is 33.8 Å². The van der Waals surface area contributed by atoms with Crippen LogP contribution in [0.3, 0.4) is 0 Å². The Morgan fingerprint density at radius 2 is 1.97 bits per heavy atom. The summed E-state index contributed by atoms with van der Waals surface area (Å²) >= 11 is 1.54. The fraction of sp³-hybridized carbons (Fsp3) is 0.519. The molecule has 0 amide bonds. The predicted octanol–water partition coefficient (Wildman–Crippen LogP) is 5.76. The van der Waals surface area contributed by atoms with Crippen LogP contribution in [0.1, 0.15) is 54.6 Å². The van der Waals surface area contributed by atoms with Crippen molar-refractivity contribution in [2.24, 2.45) is 11.8 Å². The van der Waals surface area contributed by atoms with Crippen LogP contribution in [0, 0.1) is 30.1 Å². The molecule has 1 aliphatic carbocycles. The van der Waals surface area contributed by atoms with E-state index in [1.807, 2.05) is 18.4 Å². The molecule has 1 saturated heterocycles. The van der Waals surface area contributed by atoms with Crippen molar-refractivity contribution in [1.29, 1.82) is 5.26 Å². The van der Waals surface area contributed by atoms with Crippen molar-refractivity contribution in [1.82, 2.24) is 15.0 Å². The highest BCUT2D eigenvalue weighted by Gasteiger charge is 2.24. The molecule has 0 unspecified atom stereocenters. The molecule has 1 saturated carbocycles. The first kappa shape index (κ1) is 23.2. The van der Waals surface area contributed by atoms with Gasteiger partial charge in [0.15, 0.2) is 5.58 Å². The normalized spacial score (nSPS) is 17.2. The largest absolute Gasteiger partial charge is 0.493 e. The summed E-state index contributed by atoms with van der Waals surface area (Å²) in [7, 11) is 0. The van der Waals surface area contributed by atoms with E-state index in [1.165, 1.54) is 37.4 Å². The number of likely N-dealkylation sites (tertiary alicyclic amines) is 1. The molecule has 1 aliphatic heterocycles. The fourth-order valence-electron chi connectivity index (χ4n) is 4.81. The van der Waals surface area contributed by atoms with Gasteiger partial charge in [-0.3, -0.25) is 4.90 Å². The van der Waals surface area contributed by atoms with Crippen molar-refractivity contribution < 1.29 is 9.26 Å². The van der Waals surface area contributed by atoms with Crippen LogP contribution in [0.2, 0.25) is 0 Å². The van der Waals surface area contributed by atoms with Gasteiger partial charge in [0.1, 0.15) is 16.8 Å². The van der Waals surface area contributed by atoms with E-state index in [1.54, 1.807) is 0 Å². The van der Waals surface area contributed by atoms with Gasteiger partial charge in [-0.15, -0.1) is 11.8 Å². The Kier molecular flexibility index (Phi) is 7.07. The monoisotopic (exact) mass is 476 g/mol. The number of ether oxygens (including phenoxy) is 1. The quantitative estimate of drug-likeness (QED) is 0.364. The maximum atomic E-state index is 9.21. The lowest BCUT2D eigenvalue weighted by molar-refractivity contribution is 0.170. The minimum atomic E-state index is 0.660. The molecule has 34 heavy (non-hydrogen) atoms. The summed E-state index contributed by atoms with van der Waals surface area (Å²) in [4.78, 5) is 7.16. The molecule has 7 heteroatoms. The van der Waals surface area contributed by atoms with Crippen molar-refractivity contribution in [2.75, 3.05) is 26.0 Å². The molecule has 0 spiro atoms. The Labute approximate surface area is 205 Å². The number of piperidine rings is 1. The summed E-state index contributed by atoms with van der Waals surface area (Å²) < 4.78 is 11.7. The van der Waals surface area contributed by atoms with Crippen LogP contribution < -0.4 is 4.74 Å². The number of thioether (sulfide) groups is 1. The van der Waals surface area contributed by atoms with Gasteiger partial charge in [-0.25, -0.2) is 4.98 Å². The van der Waals surface area contributed by atoms with Gasteiger partial charge < -0.3 is 9.26 Å². The molecule has 5 rings (SSSR count). The van der Waals surface area contributed by atoms with Crippen molar-refractivity contribution in [3.8, 4) is 11.8 Å². The summed E-state index contributed by atoms with van der Waals surface area (Å²) in [5.74, 6) is 2.37. The molecule has 3 heterocycles. The van der Waals surface area contributed by atoms with Gasteiger partial charge in [0.05, 0.1) is 23.6 Å². The molecule has 0 radical (unpaired) electrons. The Hall–Kier alpha value is -2.56. The van der Waals surface area contributed by atoms with Gasteiger partial charge in [-0.1, -0.05) is 5.16 Å². The number of nitrogens with zero attached hydrogens (tertiary/aromatic N) is 4. The second-order valence-electron chi connectivity index (χ2n) is 9.68. The number of fused-ring (bicyclic) bond motifs is 1. The van der Waals surface area contributed by atoms with Gasteiger partial charge in [0, 0.05) is 17.5 Å². The van der Waals surface area contributed by atoms with Crippen LogP contribution >= 0.6 is 11.8 Å². The van der Waals surface area contributed by atoms with Crippen LogP contribution in [-0.4, -0.2) is 41.0 Å². The molecular weight excluding hydrogens is 444 g/mol. The topological polar surface area (TPSA) is 75.2 Å². The smallest absolute Gasteiger partial charge is 0.173 e. The number of rotatable bonds is 9. The highest BCUT2D eigenvalue weighted by molar-refractivity contribution is 7.98. The zero-order valence-electron chi connectivity index (χ0n) is 20.0. The van der Waals surface area contributed by atoms with Crippen molar-refractivity contribution in [3.05, 3.63) is 46.8 Å². The maximum Gasteiger partial charge on any atom is 0.173 e. The summed E-state index contributed by atoms with van der Waals surface area (Å²) in [5.41, 5.74) is 4.71. The van der Waals surface area contributed by atoms with Gasteiger partial charge in [0.25, 0.3) is 0 Å². The summed E-state index contributed by atoms with van der Waals surface area (Å²) in [6.07, 6.45) is 9.03. The maximum absolute atomic E-state index is 9.21. The van der Waals surface area contributed by atoms with E-state index in [9.17, 15) is 5.26 Å². The standard InChI is InChI=1S/C27H32N4O2S/c1-18-25(32-17-20-3-4-20)10-8-23-24(30-33-26(18)23)9-5-19-11-13-31(14-12-19)16-22-7-6-21(15-28)27(29-22)34-2/h6-8,10,19-20H,3-5,9,11-14,16-17H2,1-2H3. The third kappa shape index (κ3) is 5.24. The van der Waals surface area contributed by atoms with E-state index < -0.39 is 0 Å². The molecule has 178 valence electrons. The Bertz CT molecular complexity index is 1190. The van der Waals surface area contributed by atoms with Gasteiger partial charge >= 0.3 is 0 Å². The first-order valence-electron chi connectivity index (χ1n) is 12.3. The predicted molar refractivity (Wildman–Crippen MR) is 134 cm³/mol. The average Bonchev–Trinajstić information content (AvgIpc) is 3.61. The Morgan fingerprint density at radius 3 is 2.71 bits per heavy atom. The molecule has 1 aromatic carbocycles. The molecule has 2 aromatic heterocycles. The zero-order valence-corrected chi connectivity index (χ0v) is 20.9. The SMILES string of the molecule is CSc1nc(CN2CCC(CCc3noc4c(C)c(OCC5CC5)ccc34)CC2)ccc1C#N. The molecule has 0 atom stereocenters. The van der Waals surface area contributed by atoms with Crippen LogP contribution in [0.4, 0.5) is 0 Å². The molecule has 2 aliphatic rings. The van der Waals surface area contributed by atoms with Crippen molar-refractivity contribution in [3.63, 3.8) is 0 Å². The Balaban J connectivity index is 1.13. The summed E-state index contributed by atoms with van der Waals surface area (Å²) in [6, 6.07) is 10.3. The highest BCUT2D eigenvalue weighted by atomic mass is 32.2. The van der Waals surface area contributed by atoms with Crippen molar-refractivity contribution >= 4 is 22.7 Å². The van der Waals surface area contributed by atoms with E-state index >= 15 is 0 Å². The third-order valence-electron chi connectivity index (χ3n) is 7.20. The van der Waals surface area contributed by atoms with E-state index in [4.69, 9.17) is 9.26 Å². The number of aromatic nitrogens is 2. The second kappa shape index (κ2) is 10.4. The molecule has 2 fully saturated rings. The van der Waals surface area contributed by atoms with Crippen molar-refractivity contribution in [2.45, 2.75) is 57.0 Å². The summed E-state index contributed by atoms with van der Waals surface area (Å²) in [6.45, 7) is 5.90. The zero-order chi connectivity index (χ0) is 23.5. The van der Waals surface area contributed by atoms with E-state index in [0.717, 1.165) is 83.7 Å². The second-order valence-corrected chi connectivity index (χ2v) is 10.5. The number of pyridine rings is 1. The van der Waals surface area contributed by atoms with E-state index in [0.29, 0.717) is 11.5 Å². The van der Waals surface area contributed by atoms with Crippen LogP contribution in [0.25, 0.3) is 11.0 Å². The number of hydrogen-bond acceptors (Lipinski definition) is 7. The van der Waals surface area contributed by atoms with E-state index in [-0.39, 0.29) is 0 Å². The average molecular weight is 477 g/mol. The lowest BCUT2D eigenvalue weighted by Crippen LogP contribution is -2.33. The molecular formula is C27H32N4O2S. The number of nitriles is 1. The highest BCUT2D eigenvalue weighted by Crippen LogP contribution is 2.34. The molecule has 0 bridgehead atoms.